The predicted octanol–water partition coefficient (Wildman–Crippen LogP) is 0.772. The SMILES string of the molecule is COCCn1ccc(C(=O)N2CC3(C[C@H](Oc4cnccn4)CCO3)C2)n1. The number of likely N-dealkylation sites (tertiary alicyclic amines) is 1. The summed E-state index contributed by atoms with van der Waals surface area (Å²) in [5.74, 6) is 0.450. The van der Waals surface area contributed by atoms with Crippen LogP contribution in [0.1, 0.15) is 23.3 Å². The Bertz CT molecular complexity index is 775. The van der Waals surface area contributed by atoms with Gasteiger partial charge in [-0.05, 0) is 6.07 Å². The summed E-state index contributed by atoms with van der Waals surface area (Å²) in [6.45, 7) is 2.90. The first-order valence-electron chi connectivity index (χ1n) is 9.06. The number of nitrogens with zero attached hydrogens (tertiary/aromatic N) is 5. The molecule has 2 aromatic heterocycles. The van der Waals surface area contributed by atoms with Crippen LogP contribution >= 0.6 is 0 Å². The van der Waals surface area contributed by atoms with E-state index in [1.807, 2.05) is 0 Å². The zero-order chi connectivity index (χ0) is 18.7. The monoisotopic (exact) mass is 373 g/mol. The van der Waals surface area contributed by atoms with Crippen LogP contribution in [-0.2, 0) is 16.0 Å². The summed E-state index contributed by atoms with van der Waals surface area (Å²) < 4.78 is 18.7. The maximum absolute atomic E-state index is 12.6. The molecule has 1 amide bonds. The molecule has 9 nitrogen and oxygen atoms in total. The molecule has 0 aliphatic carbocycles. The number of hydrogen-bond acceptors (Lipinski definition) is 7. The molecule has 4 heterocycles. The third kappa shape index (κ3) is 3.93. The summed E-state index contributed by atoms with van der Waals surface area (Å²) in [4.78, 5) is 22.6. The van der Waals surface area contributed by atoms with Gasteiger partial charge in [0.05, 0.1) is 39.0 Å². The van der Waals surface area contributed by atoms with Crippen LogP contribution in [0.25, 0.3) is 0 Å². The van der Waals surface area contributed by atoms with Crippen LogP contribution in [0.4, 0.5) is 0 Å². The van der Waals surface area contributed by atoms with Crippen molar-refractivity contribution >= 4 is 5.91 Å². The minimum Gasteiger partial charge on any atom is -0.473 e. The first-order chi connectivity index (χ1) is 13.2. The molecule has 4 rings (SSSR count). The molecule has 1 spiro atoms. The number of rotatable bonds is 6. The van der Waals surface area contributed by atoms with E-state index < -0.39 is 0 Å². The Morgan fingerprint density at radius 3 is 3.07 bits per heavy atom. The molecule has 2 fully saturated rings. The molecule has 2 aliphatic heterocycles. The van der Waals surface area contributed by atoms with E-state index in [0.29, 0.717) is 44.4 Å². The van der Waals surface area contributed by atoms with Crippen LogP contribution in [0.15, 0.2) is 30.9 Å². The van der Waals surface area contributed by atoms with E-state index in [2.05, 4.69) is 15.1 Å². The average Bonchev–Trinajstić information content (AvgIpc) is 3.14. The molecule has 2 aliphatic rings. The number of aromatic nitrogens is 4. The second-order valence-corrected chi connectivity index (χ2v) is 6.93. The van der Waals surface area contributed by atoms with Crippen LogP contribution in [0.3, 0.4) is 0 Å². The summed E-state index contributed by atoms with van der Waals surface area (Å²) in [6.07, 6.45) is 8.18. The number of amides is 1. The smallest absolute Gasteiger partial charge is 0.274 e. The maximum Gasteiger partial charge on any atom is 0.274 e. The van der Waals surface area contributed by atoms with Crippen molar-refractivity contribution in [2.45, 2.75) is 31.1 Å². The Hall–Kier alpha value is -2.52. The summed E-state index contributed by atoms with van der Waals surface area (Å²) in [6, 6.07) is 1.74. The molecule has 2 aromatic rings. The van der Waals surface area contributed by atoms with Crippen molar-refractivity contribution in [2.24, 2.45) is 0 Å². The van der Waals surface area contributed by atoms with Crippen LogP contribution in [-0.4, -0.2) is 75.7 Å². The predicted molar refractivity (Wildman–Crippen MR) is 94.4 cm³/mol. The van der Waals surface area contributed by atoms with E-state index in [-0.39, 0.29) is 17.6 Å². The normalized spacial score (nSPS) is 21.1. The number of carbonyl (C=O) groups excluding carboxylic acids is 1. The van der Waals surface area contributed by atoms with Gasteiger partial charge in [0.15, 0.2) is 0 Å². The molecule has 2 saturated heterocycles. The lowest BCUT2D eigenvalue weighted by molar-refractivity contribution is -0.174. The molecule has 1 atom stereocenters. The molecule has 0 radical (unpaired) electrons. The van der Waals surface area contributed by atoms with Crippen molar-refractivity contribution in [1.82, 2.24) is 24.6 Å². The van der Waals surface area contributed by atoms with Gasteiger partial charge in [0.2, 0.25) is 5.88 Å². The summed E-state index contributed by atoms with van der Waals surface area (Å²) in [5, 5.41) is 4.32. The lowest BCUT2D eigenvalue weighted by Gasteiger charge is -2.52. The van der Waals surface area contributed by atoms with Crippen molar-refractivity contribution in [2.75, 3.05) is 33.4 Å². The van der Waals surface area contributed by atoms with E-state index in [0.717, 1.165) is 12.8 Å². The molecule has 0 aromatic carbocycles. The largest absolute Gasteiger partial charge is 0.473 e. The average molecular weight is 373 g/mol. The van der Waals surface area contributed by atoms with Crippen LogP contribution in [0.2, 0.25) is 0 Å². The van der Waals surface area contributed by atoms with Crippen LogP contribution < -0.4 is 4.74 Å². The van der Waals surface area contributed by atoms with Gasteiger partial charge in [-0.3, -0.25) is 14.5 Å². The lowest BCUT2D eigenvalue weighted by atomic mass is 9.84. The van der Waals surface area contributed by atoms with E-state index in [4.69, 9.17) is 14.2 Å². The van der Waals surface area contributed by atoms with Crippen molar-refractivity contribution in [3.63, 3.8) is 0 Å². The van der Waals surface area contributed by atoms with Crippen LogP contribution in [0.5, 0.6) is 5.88 Å². The summed E-state index contributed by atoms with van der Waals surface area (Å²) >= 11 is 0. The number of ether oxygens (including phenoxy) is 3. The highest BCUT2D eigenvalue weighted by molar-refractivity contribution is 5.93. The minimum atomic E-state index is -0.334. The molecule has 9 heteroatoms. The Balaban J connectivity index is 1.32. The Labute approximate surface area is 157 Å². The molecular weight excluding hydrogens is 350 g/mol. The van der Waals surface area contributed by atoms with E-state index >= 15 is 0 Å². The topological polar surface area (TPSA) is 91.6 Å². The molecular formula is C18H23N5O4. The van der Waals surface area contributed by atoms with Gasteiger partial charge in [0, 0.05) is 38.5 Å². The molecule has 0 bridgehead atoms. The quantitative estimate of drug-likeness (QED) is 0.739. The Morgan fingerprint density at radius 1 is 1.41 bits per heavy atom. The number of hydrogen-bond donors (Lipinski definition) is 0. The van der Waals surface area contributed by atoms with Crippen molar-refractivity contribution < 1.29 is 19.0 Å². The minimum absolute atomic E-state index is 0.0148. The van der Waals surface area contributed by atoms with E-state index in [9.17, 15) is 4.79 Å². The fraction of sp³-hybridized carbons (Fsp3) is 0.556. The van der Waals surface area contributed by atoms with Gasteiger partial charge in [-0.1, -0.05) is 0 Å². The fourth-order valence-corrected chi connectivity index (χ4v) is 3.56. The Morgan fingerprint density at radius 2 is 2.30 bits per heavy atom. The van der Waals surface area contributed by atoms with Crippen molar-refractivity contribution in [1.29, 1.82) is 0 Å². The van der Waals surface area contributed by atoms with Gasteiger partial charge in [0.1, 0.15) is 17.4 Å². The second-order valence-electron chi connectivity index (χ2n) is 6.93. The van der Waals surface area contributed by atoms with Gasteiger partial charge < -0.3 is 19.1 Å². The van der Waals surface area contributed by atoms with Crippen molar-refractivity contribution in [3.05, 3.63) is 36.5 Å². The fourth-order valence-electron chi connectivity index (χ4n) is 3.56. The van der Waals surface area contributed by atoms with Gasteiger partial charge in [-0.2, -0.15) is 5.10 Å². The first-order valence-corrected chi connectivity index (χ1v) is 9.06. The zero-order valence-electron chi connectivity index (χ0n) is 15.3. The third-order valence-corrected chi connectivity index (χ3v) is 4.90. The van der Waals surface area contributed by atoms with E-state index in [1.165, 1.54) is 0 Å². The molecule has 0 saturated carbocycles. The lowest BCUT2D eigenvalue weighted by Crippen LogP contribution is -2.67. The highest BCUT2D eigenvalue weighted by Gasteiger charge is 2.50. The molecule has 0 N–H and O–H groups in total. The Kier molecular flexibility index (Phi) is 5.04. The molecule has 0 unspecified atom stereocenters. The zero-order valence-corrected chi connectivity index (χ0v) is 15.3. The summed E-state index contributed by atoms with van der Waals surface area (Å²) in [7, 11) is 1.64. The van der Waals surface area contributed by atoms with E-state index in [1.54, 1.807) is 47.5 Å². The van der Waals surface area contributed by atoms with Crippen LogP contribution in [0, 0.1) is 0 Å². The van der Waals surface area contributed by atoms with Gasteiger partial charge >= 0.3 is 0 Å². The summed E-state index contributed by atoms with van der Waals surface area (Å²) in [5.41, 5.74) is 0.114. The standard InChI is InChI=1S/C18H23N5O4/c1-25-9-7-23-6-2-15(21-23)17(24)22-12-18(13-22)10-14(3-8-26-18)27-16-11-19-4-5-20-16/h2,4-6,11,14H,3,7-10,12-13H2,1H3/t14-/m1/s1. The number of methoxy groups -OCH3 is 1. The van der Waals surface area contributed by atoms with Crippen molar-refractivity contribution in [3.8, 4) is 5.88 Å². The highest BCUT2D eigenvalue weighted by Crippen LogP contribution is 2.36. The third-order valence-electron chi connectivity index (χ3n) is 4.90. The molecule has 144 valence electrons. The number of carbonyl (C=O) groups is 1. The van der Waals surface area contributed by atoms with Gasteiger partial charge in [-0.15, -0.1) is 0 Å². The van der Waals surface area contributed by atoms with Gasteiger partial charge in [0.25, 0.3) is 5.91 Å². The highest BCUT2D eigenvalue weighted by atomic mass is 16.5. The first kappa shape index (κ1) is 17.9. The van der Waals surface area contributed by atoms with Gasteiger partial charge in [-0.25, -0.2) is 4.98 Å². The molecule has 27 heavy (non-hydrogen) atoms. The second kappa shape index (κ2) is 7.61. The maximum atomic E-state index is 12.6.